The van der Waals surface area contributed by atoms with Gasteiger partial charge in [0, 0.05) is 80.6 Å². The lowest BCUT2D eigenvalue weighted by atomic mass is 10.1. The maximum Gasteiger partial charge on any atom is 0.394 e. The Morgan fingerprint density at radius 2 is 0.828 bits per heavy atom. The lowest BCUT2D eigenvalue weighted by Crippen LogP contribution is -2.43. The number of nitrogens with one attached hydrogen (secondary N) is 8. The summed E-state index contributed by atoms with van der Waals surface area (Å²) < 4.78 is 31.6. The smallest absolute Gasteiger partial charge is 0.394 e. The predicted molar refractivity (Wildman–Crippen MR) is 487 cm³/mol. The molecule has 0 fully saturated rings. The highest BCUT2D eigenvalue weighted by atomic mass is 35.5. The quantitative estimate of drug-likeness (QED) is 0.00286. The minimum absolute atomic E-state index is 0.0134. The first-order chi connectivity index (χ1) is 55.4. The Bertz CT molecular complexity index is 5300. The molecule has 0 spiro atoms. The van der Waals surface area contributed by atoms with Crippen molar-refractivity contribution in [2.45, 2.75) is 51.4 Å². The number of carbonyl (C=O) groups is 4. The highest BCUT2D eigenvalue weighted by Gasteiger charge is 2.14. The Kier molecular flexibility index (Phi) is 42.0. The summed E-state index contributed by atoms with van der Waals surface area (Å²) in [5.41, 5.74) is 34.9. The van der Waals surface area contributed by atoms with Crippen LogP contribution in [0, 0.1) is 0 Å². The number of carbonyl (C=O) groups excluding carboxylic acids is 4. The molecule has 18 N–H and O–H groups in total. The van der Waals surface area contributed by atoms with Crippen LogP contribution in [0.3, 0.4) is 0 Å². The Labute approximate surface area is 734 Å². The van der Waals surface area contributed by atoms with Crippen LogP contribution < -0.4 is 65.9 Å². The average molecular weight is 1840 g/mol. The molecule has 0 aliphatic heterocycles. The monoisotopic (exact) mass is 1840 g/mol. The van der Waals surface area contributed by atoms with Crippen LogP contribution >= 0.6 is 152 Å². The first kappa shape index (κ1) is 95.5. The summed E-state index contributed by atoms with van der Waals surface area (Å²) in [4.78, 5) is 45.6. The number of aryl methyl sites for hydroxylation is 2. The van der Waals surface area contributed by atoms with Crippen LogP contribution in [-0.2, 0) is 32.8 Å². The van der Waals surface area contributed by atoms with Crippen LogP contribution in [0.2, 0.25) is 40.2 Å². The van der Waals surface area contributed by atoms with Crippen molar-refractivity contribution in [1.29, 1.82) is 0 Å². The van der Waals surface area contributed by atoms with E-state index in [9.17, 15) is 19.2 Å². The van der Waals surface area contributed by atoms with Crippen molar-refractivity contribution in [3.05, 3.63) is 293 Å². The number of thiocarbonyl (C=S) groups is 1. The van der Waals surface area contributed by atoms with Crippen molar-refractivity contribution >= 4 is 246 Å². The van der Waals surface area contributed by atoms with Gasteiger partial charge in [-0.2, -0.15) is 21.0 Å². The van der Waals surface area contributed by atoms with Crippen molar-refractivity contribution in [2.75, 3.05) is 49.7 Å². The van der Waals surface area contributed by atoms with Gasteiger partial charge < -0.3 is 43.8 Å². The molecule has 116 heavy (non-hydrogen) atoms. The first-order valence-corrected chi connectivity index (χ1v) is 41.6. The second-order valence-corrected chi connectivity index (χ2v) is 30.9. The molecule has 608 valence electrons. The Morgan fingerprint density at radius 1 is 0.431 bits per heavy atom. The van der Waals surface area contributed by atoms with E-state index in [-0.39, 0.29) is 28.1 Å². The van der Waals surface area contributed by atoms with E-state index >= 15 is 0 Å². The number of hydrazine groups is 2. The van der Waals surface area contributed by atoms with Crippen molar-refractivity contribution in [1.82, 2.24) is 36.7 Å². The fourth-order valence-electron chi connectivity index (χ4n) is 9.36. The van der Waals surface area contributed by atoms with Crippen LogP contribution in [0.4, 0.5) is 55.8 Å². The molecule has 0 aliphatic rings. The van der Waals surface area contributed by atoms with E-state index in [0.717, 1.165) is 82.4 Å². The van der Waals surface area contributed by atoms with E-state index in [1.165, 1.54) is 33.8 Å². The SMILES string of the molecule is NNC(=O)c1cccc(N)c1.Nc1cccc(-c2nnc(Nc3ccc(Cl)c(Cl)c3)s2)c1.Nc1cccc(C(=O)NNC(=S)Nc2ccc(Cl)c(Cl)c2)c1.O=C(CCCCc1ccccc1)Nc1cccc(-c2nnc(Nc3ccc(Cl)c(Cl)c3)s2)c1.O=C(Cl)CCCCc1ccccc1.O=S(=O)(O)O.SCNc1ccc(Cl)c(Cl)c1. The lowest BCUT2D eigenvalue weighted by Gasteiger charge is -2.12. The second-order valence-electron chi connectivity index (χ2n) is 23.6. The topological polar surface area (TPSA) is 395 Å². The number of benzene rings is 10. The number of halogens is 9. The molecule has 0 atom stereocenters. The maximum absolute atomic E-state index is 12.4. The van der Waals surface area contributed by atoms with Crippen LogP contribution in [0.5, 0.6) is 0 Å². The molecule has 2 aromatic heterocycles. The van der Waals surface area contributed by atoms with Crippen LogP contribution in [-0.4, -0.2) is 71.9 Å². The number of thiol groups is 1. The normalized spacial score (nSPS) is 10.2. The maximum atomic E-state index is 12.4. The molecule has 3 amide bonds. The molecule has 0 aliphatic carbocycles. The number of anilines is 10. The fourth-order valence-corrected chi connectivity index (χ4v) is 12.6. The van der Waals surface area contributed by atoms with Gasteiger partial charge >= 0.3 is 10.4 Å². The van der Waals surface area contributed by atoms with Crippen LogP contribution in [0.1, 0.15) is 70.4 Å². The molecule has 2 heterocycles. The average Bonchev–Trinajstić information content (AvgIpc) is 1.71. The number of hydrogen-bond donors (Lipinski definition) is 15. The third-order valence-electron chi connectivity index (χ3n) is 14.7. The van der Waals surface area contributed by atoms with E-state index in [1.54, 1.807) is 103 Å². The molecule has 10 aromatic carbocycles. The van der Waals surface area contributed by atoms with E-state index in [1.807, 2.05) is 109 Å². The zero-order valence-corrected chi connectivity index (χ0v) is 71.7. The number of nitrogens with two attached hydrogens (primary N) is 4. The molecular formula is C78H75Cl9N16O8S5. The van der Waals surface area contributed by atoms with Gasteiger partial charge in [-0.15, -0.1) is 20.4 Å². The van der Waals surface area contributed by atoms with Gasteiger partial charge in [-0.05, 0) is 207 Å². The van der Waals surface area contributed by atoms with Gasteiger partial charge in [0.1, 0.15) is 10.0 Å². The van der Waals surface area contributed by atoms with Crippen LogP contribution in [0.25, 0.3) is 21.1 Å². The van der Waals surface area contributed by atoms with Gasteiger partial charge in [0.15, 0.2) is 5.11 Å². The summed E-state index contributed by atoms with van der Waals surface area (Å²) in [5, 5.41) is 38.7. The molecule has 12 rings (SSSR count). The van der Waals surface area contributed by atoms with Gasteiger partial charge in [-0.25, -0.2) is 5.84 Å². The Hall–Kier alpha value is -9.32. The summed E-state index contributed by atoms with van der Waals surface area (Å²) in [6, 6.07) is 69.8. The number of aromatic nitrogens is 4. The Balaban J connectivity index is 0.000000223. The summed E-state index contributed by atoms with van der Waals surface area (Å²) >= 11 is 64.2. The Morgan fingerprint density at radius 3 is 1.27 bits per heavy atom. The van der Waals surface area contributed by atoms with Gasteiger partial charge in [-0.3, -0.25) is 44.6 Å². The molecule has 0 bridgehead atoms. The molecule has 0 saturated carbocycles. The van der Waals surface area contributed by atoms with Gasteiger partial charge in [0.25, 0.3) is 11.8 Å². The molecular weight excluding hydrogens is 1770 g/mol. The van der Waals surface area contributed by atoms with E-state index in [0.29, 0.717) is 103 Å². The second kappa shape index (κ2) is 51.0. The van der Waals surface area contributed by atoms with Crippen molar-refractivity contribution < 1.29 is 36.7 Å². The number of hydrogen-bond acceptors (Lipinski definition) is 21. The highest BCUT2D eigenvalue weighted by molar-refractivity contribution is 7.80. The number of amides is 3. The van der Waals surface area contributed by atoms with E-state index < -0.39 is 10.4 Å². The van der Waals surface area contributed by atoms with Crippen molar-refractivity contribution in [3.63, 3.8) is 0 Å². The predicted octanol–water partition coefficient (Wildman–Crippen LogP) is 21.3. The molecule has 24 nitrogen and oxygen atoms in total. The fraction of sp³-hybridized carbons (Fsp3) is 0.115. The van der Waals surface area contributed by atoms with E-state index in [4.69, 9.17) is 157 Å². The summed E-state index contributed by atoms with van der Waals surface area (Å²) in [6.45, 7) is 0. The van der Waals surface area contributed by atoms with Crippen LogP contribution in [0.15, 0.2) is 231 Å². The number of nitrogen functional groups attached to an aromatic ring is 4. The largest absolute Gasteiger partial charge is 0.399 e. The third kappa shape index (κ3) is 37.7. The minimum atomic E-state index is -4.67. The summed E-state index contributed by atoms with van der Waals surface area (Å²) in [7, 11) is -4.67. The van der Waals surface area contributed by atoms with Crippen molar-refractivity contribution in [3.8, 4) is 21.1 Å². The zero-order chi connectivity index (χ0) is 84.5. The molecule has 38 heteroatoms. The molecule has 12 aromatic rings. The molecule has 0 saturated heterocycles. The lowest BCUT2D eigenvalue weighted by molar-refractivity contribution is -0.116. The number of nitrogens with zero attached hydrogens (tertiary/aromatic N) is 4. The zero-order valence-electron chi connectivity index (χ0n) is 60.7. The standard InChI is InChI=1S/C25H22Cl2N4OS.C14H12Cl2N4OS.C14H10Cl2N4S.C11H13ClO.C7H7Cl2NS.C7H9N3O.H2O4S/c26-21-14-13-20(16-22(21)27)29-25-31-30-24(33-25)18-10-6-11-19(15-18)28-23(32)12-5-4-9-17-7-2-1-3-8-17;15-11-5-4-10(7-12(11)16)18-14(22)20-19-13(21)8-2-1-3-9(17)6-8;15-11-5-4-10(7-12(11)16)18-14-20-19-13(21-14)8-2-1-3-9(17)6-8;12-11(13)9-5-4-8-10-6-2-1-3-7-10;8-6-2-1-5(10-4-11)3-7(6)9;8-6-3-1-2-5(4-6)7(11)10-9;1-5(2,3)4/h1-3,6-8,10-11,13-16H,4-5,9,12H2,(H,28,32)(H,29,31);1-7H,17H2,(H,19,21)(H2,18,20,22);1-7H,17H2,(H,18,20);1-3,6-7H,4-5,8-9H2;1-3,10-11H,4H2;1-4H,8-9H2,(H,10,11);(H2,1,2,3,4). The summed E-state index contributed by atoms with van der Waals surface area (Å²) in [6.07, 6.45) is 6.75. The van der Waals surface area contributed by atoms with Gasteiger partial charge in [-0.1, -0.05) is 213 Å². The molecule has 0 unspecified atom stereocenters. The number of rotatable bonds is 22. The molecule has 0 radical (unpaired) electrons. The van der Waals surface area contributed by atoms with Gasteiger partial charge in [0.05, 0.1) is 46.1 Å². The summed E-state index contributed by atoms with van der Waals surface area (Å²) in [5.74, 6) is 4.82. The minimum Gasteiger partial charge on any atom is -0.399 e. The van der Waals surface area contributed by atoms with Crippen molar-refractivity contribution in [2.24, 2.45) is 5.84 Å². The van der Waals surface area contributed by atoms with E-state index in [2.05, 4.69) is 94.7 Å². The highest BCUT2D eigenvalue weighted by Crippen LogP contribution is 2.35. The third-order valence-corrected chi connectivity index (χ3v) is 20.0. The number of unbranched alkanes of at least 4 members (excludes halogenated alkanes) is 2. The first-order valence-electron chi connectivity index (χ1n) is 34.1. The van der Waals surface area contributed by atoms with Gasteiger partial charge in [0.2, 0.25) is 21.4 Å².